The predicted octanol–water partition coefficient (Wildman–Crippen LogP) is 6.58. The van der Waals surface area contributed by atoms with E-state index in [4.69, 9.17) is 0 Å². The minimum absolute atomic E-state index is 0.0241. The SMILES string of the molecule is CC[C@H](C(=O)Nc1cc(C)ccc1N1CCCN(Cc2ccc(C)c(C)c2)C1=O)c1ccccc1. The van der Waals surface area contributed by atoms with Crippen LogP contribution < -0.4 is 10.2 Å². The summed E-state index contributed by atoms with van der Waals surface area (Å²) in [7, 11) is 0. The van der Waals surface area contributed by atoms with Gasteiger partial charge in [0.1, 0.15) is 0 Å². The summed E-state index contributed by atoms with van der Waals surface area (Å²) in [4.78, 5) is 30.6. The molecule has 1 atom stereocenters. The fourth-order valence-electron chi connectivity index (χ4n) is 4.74. The summed E-state index contributed by atoms with van der Waals surface area (Å²) in [5.41, 5.74) is 7.09. The van der Waals surface area contributed by atoms with Gasteiger partial charge in [0.15, 0.2) is 0 Å². The van der Waals surface area contributed by atoms with Crippen molar-refractivity contribution in [2.45, 2.75) is 53.0 Å². The van der Waals surface area contributed by atoms with Gasteiger partial charge in [-0.15, -0.1) is 0 Å². The van der Waals surface area contributed by atoms with E-state index in [1.54, 1.807) is 0 Å². The molecule has 35 heavy (non-hydrogen) atoms. The molecule has 1 saturated heterocycles. The number of anilines is 2. The highest BCUT2D eigenvalue weighted by Crippen LogP contribution is 2.32. The zero-order valence-electron chi connectivity index (χ0n) is 21.2. The Morgan fingerprint density at radius 2 is 1.71 bits per heavy atom. The quantitative estimate of drug-likeness (QED) is 0.425. The smallest absolute Gasteiger partial charge is 0.324 e. The number of nitrogens with one attached hydrogen (secondary N) is 1. The first-order valence-corrected chi connectivity index (χ1v) is 12.5. The fraction of sp³-hybridized carbons (Fsp3) is 0.333. The largest absolute Gasteiger partial charge is 0.324 e. The molecule has 0 aromatic heterocycles. The molecule has 0 spiro atoms. The number of carbonyl (C=O) groups is 2. The standard InChI is InChI=1S/C30H35N3O2/c1-5-26(25-10-7-6-8-11-25)29(34)31-27-18-21(2)12-15-28(27)33-17-9-16-32(30(33)35)20-24-14-13-22(3)23(4)19-24/h6-8,10-15,18-19,26H,5,9,16-17,20H2,1-4H3,(H,31,34)/t26-/m0/s1. The van der Waals surface area contributed by atoms with Crippen LogP contribution in [0.4, 0.5) is 16.2 Å². The maximum Gasteiger partial charge on any atom is 0.324 e. The van der Waals surface area contributed by atoms with Crippen molar-refractivity contribution in [2.75, 3.05) is 23.3 Å². The Morgan fingerprint density at radius 1 is 0.943 bits per heavy atom. The van der Waals surface area contributed by atoms with Crippen molar-refractivity contribution in [3.63, 3.8) is 0 Å². The van der Waals surface area contributed by atoms with Crippen molar-refractivity contribution in [3.05, 3.63) is 94.5 Å². The van der Waals surface area contributed by atoms with Crippen molar-refractivity contribution >= 4 is 23.3 Å². The molecule has 0 radical (unpaired) electrons. The molecule has 4 rings (SSSR count). The Morgan fingerprint density at radius 3 is 2.43 bits per heavy atom. The molecule has 5 nitrogen and oxygen atoms in total. The Kier molecular flexibility index (Phi) is 7.54. The lowest BCUT2D eigenvalue weighted by Crippen LogP contribution is -2.49. The Labute approximate surface area is 208 Å². The summed E-state index contributed by atoms with van der Waals surface area (Å²) < 4.78 is 0. The summed E-state index contributed by atoms with van der Waals surface area (Å²) >= 11 is 0. The van der Waals surface area contributed by atoms with E-state index in [9.17, 15) is 9.59 Å². The molecular weight excluding hydrogens is 434 g/mol. The van der Waals surface area contributed by atoms with Gasteiger partial charge in [0.05, 0.1) is 17.3 Å². The zero-order valence-corrected chi connectivity index (χ0v) is 21.2. The molecule has 1 N–H and O–H groups in total. The van der Waals surface area contributed by atoms with E-state index < -0.39 is 0 Å². The van der Waals surface area contributed by atoms with Gasteiger partial charge >= 0.3 is 6.03 Å². The highest BCUT2D eigenvalue weighted by molar-refractivity contribution is 6.02. The number of rotatable bonds is 7. The van der Waals surface area contributed by atoms with Crippen LogP contribution in [0.2, 0.25) is 0 Å². The summed E-state index contributed by atoms with van der Waals surface area (Å²) in [6, 6.07) is 22.1. The maximum atomic E-state index is 13.6. The van der Waals surface area contributed by atoms with Gasteiger partial charge in [0, 0.05) is 19.6 Å². The van der Waals surface area contributed by atoms with E-state index >= 15 is 0 Å². The van der Waals surface area contributed by atoms with Gasteiger partial charge in [-0.2, -0.15) is 0 Å². The lowest BCUT2D eigenvalue weighted by atomic mass is 9.95. The molecule has 5 heteroatoms. The van der Waals surface area contributed by atoms with E-state index in [1.807, 2.05) is 72.2 Å². The third kappa shape index (κ3) is 5.56. The Balaban J connectivity index is 1.57. The van der Waals surface area contributed by atoms with E-state index in [0.717, 1.165) is 35.3 Å². The number of benzene rings is 3. The summed E-state index contributed by atoms with van der Waals surface area (Å²) in [5, 5.41) is 3.15. The van der Waals surface area contributed by atoms with Crippen LogP contribution in [0.3, 0.4) is 0 Å². The highest BCUT2D eigenvalue weighted by atomic mass is 16.2. The Hall–Kier alpha value is -3.60. The van der Waals surface area contributed by atoms with Crippen LogP contribution in [0.5, 0.6) is 0 Å². The van der Waals surface area contributed by atoms with Gasteiger partial charge in [0.2, 0.25) is 5.91 Å². The molecule has 3 aromatic carbocycles. The zero-order chi connectivity index (χ0) is 24.9. The van der Waals surface area contributed by atoms with Crippen LogP contribution in [0.25, 0.3) is 0 Å². The van der Waals surface area contributed by atoms with Crippen LogP contribution in [0.1, 0.15) is 53.5 Å². The fourth-order valence-corrected chi connectivity index (χ4v) is 4.74. The number of hydrogen-bond donors (Lipinski definition) is 1. The monoisotopic (exact) mass is 469 g/mol. The molecule has 1 fully saturated rings. The van der Waals surface area contributed by atoms with Crippen LogP contribution in [0.15, 0.2) is 66.7 Å². The highest BCUT2D eigenvalue weighted by Gasteiger charge is 2.29. The number of urea groups is 1. The van der Waals surface area contributed by atoms with Crippen LogP contribution in [0, 0.1) is 20.8 Å². The van der Waals surface area contributed by atoms with Crippen LogP contribution >= 0.6 is 0 Å². The van der Waals surface area contributed by atoms with E-state index in [2.05, 4.69) is 37.4 Å². The van der Waals surface area contributed by atoms with Gasteiger partial charge in [-0.1, -0.05) is 61.5 Å². The van der Waals surface area contributed by atoms with Gasteiger partial charge < -0.3 is 10.2 Å². The number of amides is 3. The average molecular weight is 470 g/mol. The molecule has 0 aliphatic carbocycles. The van der Waals surface area contributed by atoms with Gasteiger partial charge in [-0.25, -0.2) is 4.79 Å². The van der Waals surface area contributed by atoms with E-state index in [0.29, 0.717) is 25.2 Å². The van der Waals surface area contributed by atoms with Crippen molar-refractivity contribution < 1.29 is 9.59 Å². The number of carbonyl (C=O) groups excluding carboxylic acids is 2. The second-order valence-electron chi connectivity index (χ2n) is 9.51. The third-order valence-electron chi connectivity index (χ3n) is 6.88. The lowest BCUT2D eigenvalue weighted by Gasteiger charge is -2.36. The Bertz CT molecular complexity index is 1210. The summed E-state index contributed by atoms with van der Waals surface area (Å²) in [5.74, 6) is -0.301. The van der Waals surface area contributed by atoms with Crippen molar-refractivity contribution in [2.24, 2.45) is 0 Å². The molecular formula is C30H35N3O2. The number of hydrogen-bond acceptors (Lipinski definition) is 2. The maximum absolute atomic E-state index is 13.6. The van der Waals surface area contributed by atoms with Crippen molar-refractivity contribution in [1.29, 1.82) is 0 Å². The average Bonchev–Trinajstić information content (AvgIpc) is 2.84. The number of nitrogens with zero attached hydrogens (tertiary/aromatic N) is 2. The third-order valence-corrected chi connectivity index (χ3v) is 6.88. The second-order valence-corrected chi connectivity index (χ2v) is 9.51. The lowest BCUT2D eigenvalue weighted by molar-refractivity contribution is -0.117. The van der Waals surface area contributed by atoms with Crippen LogP contribution in [-0.2, 0) is 11.3 Å². The van der Waals surface area contributed by atoms with Crippen molar-refractivity contribution in [1.82, 2.24) is 4.90 Å². The first kappa shape index (κ1) is 24.5. The number of aryl methyl sites for hydroxylation is 3. The minimum atomic E-state index is -0.247. The van der Waals surface area contributed by atoms with Gasteiger partial charge in [0.25, 0.3) is 0 Å². The van der Waals surface area contributed by atoms with Gasteiger partial charge in [-0.05, 0) is 73.6 Å². The first-order chi connectivity index (χ1) is 16.9. The molecule has 182 valence electrons. The van der Waals surface area contributed by atoms with Crippen LogP contribution in [-0.4, -0.2) is 29.9 Å². The van der Waals surface area contributed by atoms with E-state index in [-0.39, 0.29) is 17.9 Å². The molecule has 1 heterocycles. The molecule has 0 bridgehead atoms. The molecule has 1 aliphatic heterocycles. The first-order valence-electron chi connectivity index (χ1n) is 12.5. The second kappa shape index (κ2) is 10.8. The molecule has 0 saturated carbocycles. The molecule has 1 aliphatic rings. The molecule has 0 unspecified atom stereocenters. The minimum Gasteiger partial charge on any atom is -0.324 e. The summed E-state index contributed by atoms with van der Waals surface area (Å²) in [6.07, 6.45) is 1.57. The summed E-state index contributed by atoms with van der Waals surface area (Å²) in [6.45, 7) is 10.2. The topological polar surface area (TPSA) is 52.7 Å². The predicted molar refractivity (Wildman–Crippen MR) is 143 cm³/mol. The van der Waals surface area contributed by atoms with Gasteiger partial charge in [-0.3, -0.25) is 9.69 Å². The van der Waals surface area contributed by atoms with E-state index in [1.165, 1.54) is 11.1 Å². The normalized spacial score (nSPS) is 14.7. The molecule has 3 aromatic rings. The van der Waals surface area contributed by atoms with Crippen molar-refractivity contribution in [3.8, 4) is 0 Å². The molecule has 3 amide bonds.